The van der Waals surface area contributed by atoms with Crippen LogP contribution >= 0.6 is 15.9 Å². The van der Waals surface area contributed by atoms with E-state index in [0.717, 1.165) is 15.6 Å². The number of nitrogens with one attached hydrogen (secondary N) is 1. The highest BCUT2D eigenvalue weighted by Gasteiger charge is 2.15. The summed E-state index contributed by atoms with van der Waals surface area (Å²) in [4.78, 5) is 4.19. The molecule has 4 nitrogen and oxygen atoms in total. The second kappa shape index (κ2) is 5.30. The average Bonchev–Trinajstić information content (AvgIpc) is 2.32. The predicted octanol–water partition coefficient (Wildman–Crippen LogP) is 3.26. The Morgan fingerprint density at radius 2 is 1.89 bits per heavy atom. The average molecular weight is 341 g/mol. The standard InChI is InChI=1S/C13H13BrN2O2S/c1-9-5-11(8-15-7-9)16-19(17,18)12-3-4-13(14)10(2)6-12/h3-8,16H,1-2H3. The molecule has 19 heavy (non-hydrogen) atoms. The third kappa shape index (κ3) is 3.33. The van der Waals surface area contributed by atoms with Crippen LogP contribution in [0.2, 0.25) is 0 Å². The third-order valence-corrected chi connectivity index (χ3v) is 4.84. The zero-order valence-electron chi connectivity index (χ0n) is 10.5. The maximum Gasteiger partial charge on any atom is 0.261 e. The minimum atomic E-state index is -3.58. The molecule has 0 saturated heterocycles. The van der Waals surface area contributed by atoms with Gasteiger partial charge in [0.25, 0.3) is 10.0 Å². The Hall–Kier alpha value is -1.40. The lowest BCUT2D eigenvalue weighted by Crippen LogP contribution is -2.13. The molecule has 0 radical (unpaired) electrons. The first-order valence-corrected chi connectivity index (χ1v) is 7.87. The van der Waals surface area contributed by atoms with Crippen molar-refractivity contribution in [2.45, 2.75) is 18.7 Å². The number of anilines is 1. The molecule has 0 saturated carbocycles. The van der Waals surface area contributed by atoms with Crippen molar-refractivity contribution in [1.29, 1.82) is 0 Å². The maximum atomic E-state index is 12.2. The zero-order chi connectivity index (χ0) is 14.0. The first kappa shape index (κ1) is 14.0. The molecule has 0 spiro atoms. The molecule has 0 aliphatic heterocycles. The molecule has 0 atom stereocenters. The van der Waals surface area contributed by atoms with E-state index >= 15 is 0 Å². The van der Waals surface area contributed by atoms with Crippen LogP contribution in [0.5, 0.6) is 0 Å². The monoisotopic (exact) mass is 340 g/mol. The van der Waals surface area contributed by atoms with Crippen molar-refractivity contribution in [3.05, 3.63) is 52.3 Å². The van der Waals surface area contributed by atoms with Gasteiger partial charge in [0, 0.05) is 10.7 Å². The number of hydrogen-bond acceptors (Lipinski definition) is 3. The van der Waals surface area contributed by atoms with Crippen molar-refractivity contribution in [2.75, 3.05) is 4.72 Å². The summed E-state index contributed by atoms with van der Waals surface area (Å²) in [6.07, 6.45) is 3.15. The van der Waals surface area contributed by atoms with E-state index in [1.165, 1.54) is 6.20 Å². The van der Waals surface area contributed by atoms with Crippen LogP contribution < -0.4 is 4.72 Å². The molecule has 2 rings (SSSR count). The van der Waals surface area contributed by atoms with E-state index in [9.17, 15) is 8.42 Å². The number of halogens is 1. The van der Waals surface area contributed by atoms with E-state index in [0.29, 0.717) is 5.69 Å². The van der Waals surface area contributed by atoms with Gasteiger partial charge in [0.2, 0.25) is 0 Å². The summed E-state index contributed by atoms with van der Waals surface area (Å²) in [5.41, 5.74) is 2.22. The Morgan fingerprint density at radius 1 is 1.16 bits per heavy atom. The smallest absolute Gasteiger partial charge is 0.261 e. The highest BCUT2D eigenvalue weighted by atomic mass is 79.9. The Morgan fingerprint density at radius 3 is 2.53 bits per heavy atom. The maximum absolute atomic E-state index is 12.2. The largest absolute Gasteiger partial charge is 0.278 e. The highest BCUT2D eigenvalue weighted by Crippen LogP contribution is 2.22. The molecule has 1 aromatic carbocycles. The van der Waals surface area contributed by atoms with Crippen LogP contribution in [-0.4, -0.2) is 13.4 Å². The Bertz CT molecular complexity index is 714. The van der Waals surface area contributed by atoms with Crippen LogP contribution in [0.15, 0.2) is 46.0 Å². The van der Waals surface area contributed by atoms with Crippen molar-refractivity contribution in [3.8, 4) is 0 Å². The number of pyridine rings is 1. The fourth-order valence-corrected chi connectivity index (χ4v) is 2.97. The van der Waals surface area contributed by atoms with Crippen LogP contribution in [-0.2, 0) is 10.0 Å². The van der Waals surface area contributed by atoms with Crippen molar-refractivity contribution in [1.82, 2.24) is 4.98 Å². The molecule has 1 N–H and O–H groups in total. The Labute approximate surface area is 121 Å². The van der Waals surface area contributed by atoms with Crippen LogP contribution in [0.25, 0.3) is 0 Å². The van der Waals surface area contributed by atoms with Crippen LogP contribution in [0.3, 0.4) is 0 Å². The Kier molecular flexibility index (Phi) is 3.91. The number of sulfonamides is 1. The topological polar surface area (TPSA) is 59.1 Å². The van der Waals surface area contributed by atoms with E-state index in [1.54, 1.807) is 30.5 Å². The van der Waals surface area contributed by atoms with Gasteiger partial charge in [-0.15, -0.1) is 0 Å². The Balaban J connectivity index is 2.35. The lowest BCUT2D eigenvalue weighted by Gasteiger charge is -2.09. The normalized spacial score (nSPS) is 11.3. The summed E-state index contributed by atoms with van der Waals surface area (Å²) in [6, 6.07) is 6.63. The minimum absolute atomic E-state index is 0.231. The van der Waals surface area contributed by atoms with E-state index in [1.807, 2.05) is 13.8 Å². The molecule has 2 aromatic rings. The summed E-state index contributed by atoms with van der Waals surface area (Å²) in [6.45, 7) is 3.70. The summed E-state index contributed by atoms with van der Waals surface area (Å²) in [5, 5.41) is 0. The number of nitrogens with zero attached hydrogens (tertiary/aromatic N) is 1. The molecule has 1 aromatic heterocycles. The minimum Gasteiger partial charge on any atom is -0.278 e. The molecule has 0 fully saturated rings. The molecular formula is C13H13BrN2O2S. The lowest BCUT2D eigenvalue weighted by atomic mass is 10.2. The zero-order valence-corrected chi connectivity index (χ0v) is 12.9. The van der Waals surface area contributed by atoms with E-state index in [-0.39, 0.29) is 4.90 Å². The molecule has 0 bridgehead atoms. The molecule has 6 heteroatoms. The van der Waals surface area contributed by atoms with Gasteiger partial charge in [-0.2, -0.15) is 0 Å². The molecule has 1 heterocycles. The first-order chi connectivity index (χ1) is 8.88. The van der Waals surface area contributed by atoms with E-state index in [4.69, 9.17) is 0 Å². The van der Waals surface area contributed by atoms with Crippen LogP contribution in [0.4, 0.5) is 5.69 Å². The van der Waals surface area contributed by atoms with Gasteiger partial charge in [-0.1, -0.05) is 15.9 Å². The van der Waals surface area contributed by atoms with Gasteiger partial charge >= 0.3 is 0 Å². The summed E-state index contributed by atoms with van der Waals surface area (Å²) >= 11 is 3.35. The molecule has 0 amide bonds. The quantitative estimate of drug-likeness (QED) is 0.932. The van der Waals surface area contributed by atoms with Gasteiger partial charge in [0.05, 0.1) is 16.8 Å². The van der Waals surface area contributed by atoms with Crippen molar-refractivity contribution in [3.63, 3.8) is 0 Å². The summed E-state index contributed by atoms with van der Waals surface area (Å²) in [5.74, 6) is 0. The SMILES string of the molecule is Cc1cncc(NS(=O)(=O)c2ccc(Br)c(C)c2)c1. The number of aryl methyl sites for hydroxylation is 2. The van der Waals surface area contributed by atoms with E-state index < -0.39 is 10.0 Å². The van der Waals surface area contributed by atoms with Gasteiger partial charge in [0.1, 0.15) is 0 Å². The predicted molar refractivity (Wildman–Crippen MR) is 78.7 cm³/mol. The molecule has 0 unspecified atom stereocenters. The van der Waals surface area contributed by atoms with E-state index in [2.05, 4.69) is 25.6 Å². The van der Waals surface area contributed by atoms with Gasteiger partial charge in [-0.3, -0.25) is 9.71 Å². The second-order valence-corrected chi connectivity index (χ2v) is 6.80. The van der Waals surface area contributed by atoms with Crippen molar-refractivity contribution >= 4 is 31.6 Å². The third-order valence-electron chi connectivity index (χ3n) is 2.57. The number of hydrogen-bond donors (Lipinski definition) is 1. The van der Waals surface area contributed by atoms with Gasteiger partial charge < -0.3 is 0 Å². The number of aromatic nitrogens is 1. The molecule has 0 aliphatic carbocycles. The number of benzene rings is 1. The highest BCUT2D eigenvalue weighted by molar-refractivity contribution is 9.10. The molecule has 100 valence electrons. The molecular weight excluding hydrogens is 328 g/mol. The van der Waals surface area contributed by atoms with Crippen LogP contribution in [0.1, 0.15) is 11.1 Å². The lowest BCUT2D eigenvalue weighted by molar-refractivity contribution is 0.601. The summed E-state index contributed by atoms with van der Waals surface area (Å²) < 4.78 is 27.8. The second-order valence-electron chi connectivity index (χ2n) is 4.27. The van der Waals surface area contributed by atoms with Gasteiger partial charge in [0.15, 0.2) is 0 Å². The first-order valence-electron chi connectivity index (χ1n) is 5.59. The summed E-state index contributed by atoms with van der Waals surface area (Å²) in [7, 11) is -3.58. The van der Waals surface area contributed by atoms with Gasteiger partial charge in [-0.05, 0) is 49.2 Å². The van der Waals surface area contributed by atoms with Crippen molar-refractivity contribution in [2.24, 2.45) is 0 Å². The van der Waals surface area contributed by atoms with Crippen LogP contribution in [0, 0.1) is 13.8 Å². The van der Waals surface area contributed by atoms with Crippen molar-refractivity contribution < 1.29 is 8.42 Å². The molecule has 0 aliphatic rings. The van der Waals surface area contributed by atoms with Gasteiger partial charge in [-0.25, -0.2) is 8.42 Å². The number of rotatable bonds is 3. The fourth-order valence-electron chi connectivity index (χ4n) is 1.61. The fraction of sp³-hybridized carbons (Fsp3) is 0.154.